The molecule has 0 aliphatic heterocycles. The van der Waals surface area contributed by atoms with E-state index in [0.29, 0.717) is 5.56 Å². The van der Waals surface area contributed by atoms with Crippen LogP contribution in [0.5, 0.6) is 0 Å². The van der Waals surface area contributed by atoms with Crippen molar-refractivity contribution in [1.82, 2.24) is 15.2 Å². The van der Waals surface area contributed by atoms with E-state index in [1.165, 1.54) is 6.20 Å². The van der Waals surface area contributed by atoms with E-state index in [2.05, 4.69) is 36.4 Å². The highest BCUT2D eigenvalue weighted by atomic mass is 79.9. The van der Waals surface area contributed by atoms with Crippen molar-refractivity contribution in [2.45, 2.75) is 0 Å². The topological polar surface area (TPSA) is 70.7 Å². The molecule has 0 aliphatic rings. The first kappa shape index (κ1) is 11.9. The standard InChI is InChI=1S/C13H9BrN4O/c14-9-4-8(5-15-6-9)13(19)17-11-2-1-3-12-10(11)7-16-18-12/h1-7H,(H,16,18)(H,17,19). The number of amides is 1. The summed E-state index contributed by atoms with van der Waals surface area (Å²) >= 11 is 3.29. The lowest BCUT2D eigenvalue weighted by atomic mass is 10.2. The lowest BCUT2D eigenvalue weighted by Crippen LogP contribution is -2.12. The molecule has 0 bridgehead atoms. The molecule has 2 aromatic heterocycles. The molecular formula is C13H9BrN4O. The molecule has 0 unspecified atom stereocenters. The Hall–Kier alpha value is -2.21. The number of nitrogens with one attached hydrogen (secondary N) is 2. The third kappa shape index (κ3) is 2.34. The molecule has 1 amide bonds. The van der Waals surface area contributed by atoms with Gasteiger partial charge in [0.05, 0.1) is 23.0 Å². The molecule has 3 aromatic rings. The number of hydrogen-bond acceptors (Lipinski definition) is 3. The van der Waals surface area contributed by atoms with E-state index in [4.69, 9.17) is 0 Å². The molecule has 1 aromatic carbocycles. The number of H-pyrrole nitrogens is 1. The van der Waals surface area contributed by atoms with E-state index in [1.807, 2.05) is 18.2 Å². The first-order valence-corrected chi connectivity index (χ1v) is 6.37. The van der Waals surface area contributed by atoms with Crippen molar-refractivity contribution >= 4 is 38.4 Å². The molecule has 5 nitrogen and oxygen atoms in total. The highest BCUT2D eigenvalue weighted by molar-refractivity contribution is 9.10. The van der Waals surface area contributed by atoms with Crippen LogP contribution in [0.15, 0.2) is 47.3 Å². The summed E-state index contributed by atoms with van der Waals surface area (Å²) in [6.45, 7) is 0. The average molecular weight is 317 g/mol. The SMILES string of the molecule is O=C(Nc1cccc2[nH]ncc12)c1cncc(Br)c1. The van der Waals surface area contributed by atoms with Crippen LogP contribution < -0.4 is 5.32 Å². The number of anilines is 1. The van der Waals surface area contributed by atoms with Crippen molar-refractivity contribution in [3.63, 3.8) is 0 Å². The summed E-state index contributed by atoms with van der Waals surface area (Å²) in [5.41, 5.74) is 2.09. The number of hydrogen-bond donors (Lipinski definition) is 2. The van der Waals surface area contributed by atoms with E-state index in [9.17, 15) is 4.79 Å². The maximum absolute atomic E-state index is 12.1. The highest BCUT2D eigenvalue weighted by Gasteiger charge is 2.09. The van der Waals surface area contributed by atoms with Gasteiger partial charge in [-0.15, -0.1) is 0 Å². The Morgan fingerprint density at radius 1 is 1.26 bits per heavy atom. The van der Waals surface area contributed by atoms with E-state index < -0.39 is 0 Å². The van der Waals surface area contributed by atoms with E-state index in [0.717, 1.165) is 21.1 Å². The van der Waals surface area contributed by atoms with Gasteiger partial charge in [0.1, 0.15) is 0 Å². The maximum atomic E-state index is 12.1. The van der Waals surface area contributed by atoms with Crippen LogP contribution in [0.3, 0.4) is 0 Å². The average Bonchev–Trinajstić information content (AvgIpc) is 2.88. The van der Waals surface area contributed by atoms with Crippen LogP contribution in [0.1, 0.15) is 10.4 Å². The third-order valence-electron chi connectivity index (χ3n) is 2.70. The van der Waals surface area contributed by atoms with Crippen molar-refractivity contribution in [2.75, 3.05) is 5.32 Å². The van der Waals surface area contributed by atoms with Crippen LogP contribution in [0.4, 0.5) is 5.69 Å². The number of carbonyl (C=O) groups is 1. The van der Waals surface area contributed by atoms with Gasteiger partial charge in [-0.2, -0.15) is 5.10 Å². The minimum atomic E-state index is -0.206. The Morgan fingerprint density at radius 3 is 3.00 bits per heavy atom. The summed E-state index contributed by atoms with van der Waals surface area (Å²) in [7, 11) is 0. The predicted octanol–water partition coefficient (Wildman–Crippen LogP) is 2.97. The summed E-state index contributed by atoms with van der Waals surface area (Å²) in [4.78, 5) is 16.1. The Kier molecular flexibility index (Phi) is 3.00. The Balaban J connectivity index is 1.93. The number of aromatic amines is 1. The fraction of sp³-hybridized carbons (Fsp3) is 0. The molecule has 19 heavy (non-hydrogen) atoms. The zero-order valence-corrected chi connectivity index (χ0v) is 11.3. The molecule has 0 spiro atoms. The first-order valence-electron chi connectivity index (χ1n) is 5.58. The molecule has 94 valence electrons. The van der Waals surface area contributed by atoms with Gasteiger partial charge in [0, 0.05) is 22.3 Å². The molecular weight excluding hydrogens is 308 g/mol. The van der Waals surface area contributed by atoms with Gasteiger partial charge in [-0.3, -0.25) is 14.9 Å². The van der Waals surface area contributed by atoms with Crippen molar-refractivity contribution < 1.29 is 4.79 Å². The monoisotopic (exact) mass is 316 g/mol. The van der Waals surface area contributed by atoms with E-state index in [-0.39, 0.29) is 5.91 Å². The molecule has 2 heterocycles. The second-order valence-corrected chi connectivity index (χ2v) is 4.90. The maximum Gasteiger partial charge on any atom is 0.257 e. The summed E-state index contributed by atoms with van der Waals surface area (Å²) in [6, 6.07) is 7.31. The molecule has 0 saturated heterocycles. The van der Waals surface area contributed by atoms with Crippen LogP contribution in [0.2, 0.25) is 0 Å². The van der Waals surface area contributed by atoms with Crippen LogP contribution in [0, 0.1) is 0 Å². The second-order valence-electron chi connectivity index (χ2n) is 3.98. The Morgan fingerprint density at radius 2 is 2.16 bits per heavy atom. The van der Waals surface area contributed by atoms with E-state index in [1.54, 1.807) is 18.5 Å². The number of pyridine rings is 1. The normalized spacial score (nSPS) is 10.6. The number of aromatic nitrogens is 3. The highest BCUT2D eigenvalue weighted by Crippen LogP contribution is 2.21. The molecule has 0 aliphatic carbocycles. The van der Waals surface area contributed by atoms with Crippen LogP contribution in [-0.4, -0.2) is 21.1 Å². The molecule has 0 saturated carbocycles. The minimum Gasteiger partial charge on any atom is -0.321 e. The van der Waals surface area contributed by atoms with Crippen molar-refractivity contribution in [2.24, 2.45) is 0 Å². The van der Waals surface area contributed by atoms with Crippen LogP contribution in [0.25, 0.3) is 10.9 Å². The quantitative estimate of drug-likeness (QED) is 0.763. The fourth-order valence-electron chi connectivity index (χ4n) is 1.81. The zero-order chi connectivity index (χ0) is 13.2. The van der Waals surface area contributed by atoms with Gasteiger partial charge in [-0.05, 0) is 34.1 Å². The largest absolute Gasteiger partial charge is 0.321 e. The van der Waals surface area contributed by atoms with Crippen LogP contribution >= 0.6 is 15.9 Å². The molecule has 0 fully saturated rings. The van der Waals surface area contributed by atoms with Crippen molar-refractivity contribution in [1.29, 1.82) is 0 Å². The predicted molar refractivity (Wildman–Crippen MR) is 76.0 cm³/mol. The minimum absolute atomic E-state index is 0.206. The molecule has 6 heteroatoms. The van der Waals surface area contributed by atoms with Crippen molar-refractivity contribution in [3.8, 4) is 0 Å². The molecule has 0 atom stereocenters. The number of rotatable bonds is 2. The zero-order valence-electron chi connectivity index (χ0n) is 9.72. The molecule has 0 radical (unpaired) electrons. The van der Waals surface area contributed by atoms with Gasteiger partial charge < -0.3 is 5.32 Å². The Labute approximate surface area is 117 Å². The second kappa shape index (κ2) is 4.81. The number of fused-ring (bicyclic) bond motifs is 1. The lowest BCUT2D eigenvalue weighted by molar-refractivity contribution is 0.102. The van der Waals surface area contributed by atoms with Gasteiger partial charge in [0.15, 0.2) is 0 Å². The van der Waals surface area contributed by atoms with E-state index >= 15 is 0 Å². The molecule has 3 rings (SSSR count). The number of nitrogens with zero attached hydrogens (tertiary/aromatic N) is 2. The van der Waals surface area contributed by atoms with Gasteiger partial charge >= 0.3 is 0 Å². The molecule has 2 N–H and O–H groups in total. The van der Waals surface area contributed by atoms with Gasteiger partial charge in [-0.1, -0.05) is 6.07 Å². The Bertz CT molecular complexity index is 753. The van der Waals surface area contributed by atoms with Crippen LogP contribution in [-0.2, 0) is 0 Å². The number of benzene rings is 1. The summed E-state index contributed by atoms with van der Waals surface area (Å²) in [6.07, 6.45) is 4.84. The summed E-state index contributed by atoms with van der Waals surface area (Å²) < 4.78 is 0.765. The number of carbonyl (C=O) groups excluding carboxylic acids is 1. The van der Waals surface area contributed by atoms with Gasteiger partial charge in [-0.25, -0.2) is 0 Å². The first-order chi connectivity index (χ1) is 9.24. The number of halogens is 1. The lowest BCUT2D eigenvalue weighted by Gasteiger charge is -2.06. The van der Waals surface area contributed by atoms with Gasteiger partial charge in [0.25, 0.3) is 5.91 Å². The van der Waals surface area contributed by atoms with Gasteiger partial charge in [0.2, 0.25) is 0 Å². The smallest absolute Gasteiger partial charge is 0.257 e. The fourth-order valence-corrected chi connectivity index (χ4v) is 2.17. The third-order valence-corrected chi connectivity index (χ3v) is 3.13. The summed E-state index contributed by atoms with van der Waals surface area (Å²) in [5, 5.41) is 10.5. The summed E-state index contributed by atoms with van der Waals surface area (Å²) in [5.74, 6) is -0.206. The van der Waals surface area contributed by atoms with Crippen molar-refractivity contribution in [3.05, 3.63) is 52.9 Å².